The average Bonchev–Trinajstić information content (AvgIpc) is 3.35. The number of anilines is 1. The van der Waals surface area contributed by atoms with Gasteiger partial charge >= 0.3 is 0 Å². The molecule has 3 amide bonds. The predicted molar refractivity (Wildman–Crippen MR) is 132 cm³/mol. The number of amides is 3. The number of hydrogen-bond acceptors (Lipinski definition) is 7. The van der Waals surface area contributed by atoms with E-state index >= 15 is 0 Å². The Bertz CT molecular complexity index is 1100. The summed E-state index contributed by atoms with van der Waals surface area (Å²) in [5.41, 5.74) is 1.83. The van der Waals surface area contributed by atoms with Crippen molar-refractivity contribution in [1.82, 2.24) is 20.0 Å². The molecule has 0 saturated carbocycles. The number of carbonyl (C=O) groups is 3. The van der Waals surface area contributed by atoms with Crippen molar-refractivity contribution in [1.29, 1.82) is 0 Å². The third-order valence-corrected chi connectivity index (χ3v) is 6.75. The van der Waals surface area contributed by atoms with Crippen LogP contribution < -0.4 is 20.1 Å². The van der Waals surface area contributed by atoms with Gasteiger partial charge in [-0.2, -0.15) is 0 Å². The van der Waals surface area contributed by atoms with Crippen LogP contribution in [0.25, 0.3) is 0 Å². The lowest BCUT2D eigenvalue weighted by atomic mass is 10.1. The van der Waals surface area contributed by atoms with Crippen molar-refractivity contribution in [3.8, 4) is 11.5 Å². The molecule has 0 bridgehead atoms. The lowest BCUT2D eigenvalue weighted by Crippen LogP contribution is -2.60. The molecule has 0 spiro atoms. The molecule has 3 aliphatic heterocycles. The Kier molecular flexibility index (Phi) is 7.33. The van der Waals surface area contributed by atoms with E-state index in [9.17, 15) is 14.4 Å². The molecule has 2 aromatic carbocycles. The molecule has 2 fully saturated rings. The summed E-state index contributed by atoms with van der Waals surface area (Å²) < 4.78 is 10.9. The fourth-order valence-electron chi connectivity index (χ4n) is 4.81. The second-order valence-corrected chi connectivity index (χ2v) is 9.25. The number of piperazine rings is 2. The highest BCUT2D eigenvalue weighted by molar-refractivity contribution is 5.97. The Morgan fingerprint density at radius 1 is 0.944 bits per heavy atom. The van der Waals surface area contributed by atoms with Crippen LogP contribution in [0.4, 0.5) is 5.69 Å². The summed E-state index contributed by atoms with van der Waals surface area (Å²) in [6.07, 6.45) is -0.0736. The second-order valence-electron chi connectivity index (χ2n) is 9.25. The van der Waals surface area contributed by atoms with Gasteiger partial charge < -0.3 is 25.0 Å². The number of carbonyl (C=O) groups excluding carboxylic acids is 3. The molecular weight excluding hydrogens is 462 g/mol. The Labute approximate surface area is 210 Å². The second kappa shape index (κ2) is 11.0. The molecule has 0 aliphatic carbocycles. The van der Waals surface area contributed by atoms with Crippen LogP contribution in [0, 0.1) is 0 Å². The van der Waals surface area contributed by atoms with Gasteiger partial charge in [-0.05, 0) is 29.8 Å². The molecule has 1 unspecified atom stereocenters. The van der Waals surface area contributed by atoms with Gasteiger partial charge in [-0.3, -0.25) is 24.2 Å². The van der Waals surface area contributed by atoms with Gasteiger partial charge in [0.15, 0.2) is 11.5 Å². The van der Waals surface area contributed by atoms with Crippen LogP contribution in [0.1, 0.15) is 12.0 Å². The van der Waals surface area contributed by atoms with Gasteiger partial charge in [-0.1, -0.05) is 24.3 Å². The van der Waals surface area contributed by atoms with Crippen LogP contribution in [0.15, 0.2) is 48.5 Å². The Balaban J connectivity index is 1.12. The summed E-state index contributed by atoms with van der Waals surface area (Å²) in [5, 5.41) is 5.59. The average molecular weight is 494 g/mol. The SMILES string of the molecule is O=C(CC1C(=O)NCCN1C(=O)CN1CCN(Cc2ccc3c(c2)OCO3)CC1)Nc1ccccc1. The quantitative estimate of drug-likeness (QED) is 0.591. The number of hydrogen-bond donors (Lipinski definition) is 2. The molecule has 190 valence electrons. The molecular formula is C26H31N5O5. The van der Waals surface area contributed by atoms with Crippen molar-refractivity contribution in [3.05, 3.63) is 54.1 Å². The maximum absolute atomic E-state index is 13.2. The van der Waals surface area contributed by atoms with Crippen LogP contribution >= 0.6 is 0 Å². The number of nitrogens with zero attached hydrogens (tertiary/aromatic N) is 3. The number of fused-ring (bicyclic) bond motifs is 1. The Morgan fingerprint density at radius 2 is 1.69 bits per heavy atom. The first-order valence-corrected chi connectivity index (χ1v) is 12.3. The van der Waals surface area contributed by atoms with E-state index in [1.165, 1.54) is 5.56 Å². The third kappa shape index (κ3) is 5.77. The molecule has 3 heterocycles. The summed E-state index contributed by atoms with van der Waals surface area (Å²) in [4.78, 5) is 44.3. The topological polar surface area (TPSA) is 103 Å². The van der Waals surface area contributed by atoms with Crippen molar-refractivity contribution in [2.24, 2.45) is 0 Å². The molecule has 5 rings (SSSR count). The van der Waals surface area contributed by atoms with Crippen LogP contribution in [0.3, 0.4) is 0 Å². The van der Waals surface area contributed by atoms with Gasteiger partial charge in [-0.15, -0.1) is 0 Å². The van der Waals surface area contributed by atoms with E-state index < -0.39 is 6.04 Å². The highest BCUT2D eigenvalue weighted by Crippen LogP contribution is 2.32. The van der Waals surface area contributed by atoms with Crippen molar-refractivity contribution in [3.63, 3.8) is 0 Å². The summed E-state index contributed by atoms with van der Waals surface area (Å²) >= 11 is 0. The minimum absolute atomic E-state index is 0.0736. The molecule has 2 N–H and O–H groups in total. The fraction of sp³-hybridized carbons (Fsp3) is 0.423. The van der Waals surface area contributed by atoms with Crippen LogP contribution in [0.2, 0.25) is 0 Å². The molecule has 3 aliphatic rings. The molecule has 1 atom stereocenters. The van der Waals surface area contributed by atoms with E-state index in [2.05, 4.69) is 26.5 Å². The summed E-state index contributed by atoms with van der Waals surface area (Å²) in [6.45, 7) is 5.30. The lowest BCUT2D eigenvalue weighted by Gasteiger charge is -2.38. The monoisotopic (exact) mass is 493 g/mol. The van der Waals surface area contributed by atoms with E-state index in [-0.39, 0.29) is 37.5 Å². The number of benzene rings is 2. The molecule has 10 heteroatoms. The number of para-hydroxylation sites is 1. The minimum Gasteiger partial charge on any atom is -0.454 e. The van der Waals surface area contributed by atoms with Gasteiger partial charge in [0.05, 0.1) is 13.0 Å². The molecule has 0 aromatic heterocycles. The van der Waals surface area contributed by atoms with E-state index in [1.807, 2.05) is 30.3 Å². The maximum atomic E-state index is 13.2. The first-order chi connectivity index (χ1) is 17.5. The molecule has 10 nitrogen and oxygen atoms in total. The number of ether oxygens (including phenoxy) is 2. The summed E-state index contributed by atoms with van der Waals surface area (Å²) in [6, 6.07) is 14.3. The van der Waals surface area contributed by atoms with E-state index in [1.54, 1.807) is 17.0 Å². The largest absolute Gasteiger partial charge is 0.454 e. The summed E-state index contributed by atoms with van der Waals surface area (Å²) in [7, 11) is 0. The third-order valence-electron chi connectivity index (χ3n) is 6.75. The zero-order valence-electron chi connectivity index (χ0n) is 20.2. The molecule has 2 aromatic rings. The van der Waals surface area contributed by atoms with Crippen LogP contribution in [-0.2, 0) is 20.9 Å². The van der Waals surface area contributed by atoms with Gasteiger partial charge in [0.25, 0.3) is 0 Å². The smallest absolute Gasteiger partial charge is 0.243 e. The van der Waals surface area contributed by atoms with Gasteiger partial charge in [0.1, 0.15) is 6.04 Å². The predicted octanol–water partition coefficient (Wildman–Crippen LogP) is 0.889. The first-order valence-electron chi connectivity index (χ1n) is 12.3. The van der Waals surface area contributed by atoms with Crippen molar-refractivity contribution < 1.29 is 23.9 Å². The normalized spacial score (nSPS) is 20.2. The lowest BCUT2D eigenvalue weighted by molar-refractivity contribution is -0.145. The van der Waals surface area contributed by atoms with Gasteiger partial charge in [-0.25, -0.2) is 0 Å². The zero-order valence-corrected chi connectivity index (χ0v) is 20.2. The summed E-state index contributed by atoms with van der Waals surface area (Å²) in [5.74, 6) is 0.870. The highest BCUT2D eigenvalue weighted by Gasteiger charge is 2.35. The zero-order chi connectivity index (χ0) is 24.9. The molecule has 36 heavy (non-hydrogen) atoms. The van der Waals surface area contributed by atoms with Crippen molar-refractivity contribution in [2.75, 3.05) is 57.9 Å². The van der Waals surface area contributed by atoms with Crippen LogP contribution in [-0.4, -0.2) is 91.1 Å². The van der Waals surface area contributed by atoms with Crippen LogP contribution in [0.5, 0.6) is 11.5 Å². The fourth-order valence-corrected chi connectivity index (χ4v) is 4.81. The minimum atomic E-state index is -0.803. The maximum Gasteiger partial charge on any atom is 0.243 e. The van der Waals surface area contributed by atoms with Gasteiger partial charge in [0, 0.05) is 51.5 Å². The Hall–Kier alpha value is -3.63. The van der Waals surface area contributed by atoms with E-state index in [0.29, 0.717) is 18.8 Å². The standard InChI is InChI=1S/C26H31N5O5/c32-24(28-20-4-2-1-3-5-20)15-21-26(34)27-8-9-31(21)25(33)17-30-12-10-29(11-13-30)16-19-6-7-22-23(14-19)36-18-35-22/h1-7,14,21H,8-13,15-18H2,(H,27,34)(H,28,32). The first kappa shape index (κ1) is 24.1. The van der Waals surface area contributed by atoms with Crippen molar-refractivity contribution >= 4 is 23.4 Å². The van der Waals surface area contributed by atoms with E-state index in [4.69, 9.17) is 9.47 Å². The molecule has 2 saturated heterocycles. The number of rotatable bonds is 7. The Morgan fingerprint density at radius 3 is 2.50 bits per heavy atom. The van der Waals surface area contributed by atoms with E-state index in [0.717, 1.165) is 44.2 Å². The molecule has 0 radical (unpaired) electrons. The van der Waals surface area contributed by atoms with Gasteiger partial charge in [0.2, 0.25) is 24.5 Å². The number of nitrogens with one attached hydrogen (secondary N) is 2. The van der Waals surface area contributed by atoms with Crippen molar-refractivity contribution in [2.45, 2.75) is 19.0 Å². The highest BCUT2D eigenvalue weighted by atomic mass is 16.7.